The number of methoxy groups -OCH3 is 1. The van der Waals surface area contributed by atoms with Crippen LogP contribution in [0.5, 0.6) is 11.5 Å². The number of rotatable bonds is 6. The molecular weight excluding hydrogens is 601 g/mol. The number of carbonyl (C=O) groups excluding carboxylic acids is 1. The predicted octanol–water partition coefficient (Wildman–Crippen LogP) is 8.40. The summed E-state index contributed by atoms with van der Waals surface area (Å²) in [4.78, 5) is 15.0. The summed E-state index contributed by atoms with van der Waals surface area (Å²) in [5.74, 6) is 0.950. The molecule has 3 aromatic rings. The lowest BCUT2D eigenvalue weighted by Gasteiger charge is -2.15. The van der Waals surface area contributed by atoms with Crippen LogP contribution in [0.3, 0.4) is 0 Å². The lowest BCUT2D eigenvalue weighted by Crippen LogP contribution is -2.27. The van der Waals surface area contributed by atoms with E-state index in [2.05, 4.69) is 15.9 Å². The highest BCUT2D eigenvalue weighted by Crippen LogP contribution is 2.39. The Morgan fingerprint density at radius 1 is 1.03 bits per heavy atom. The molecule has 0 saturated carbocycles. The number of thioether (sulfide) groups is 1. The smallest absolute Gasteiger partial charge is 0.270 e. The van der Waals surface area contributed by atoms with Gasteiger partial charge in [0.15, 0.2) is 4.32 Å². The van der Waals surface area contributed by atoms with Gasteiger partial charge in [-0.1, -0.05) is 70.9 Å². The van der Waals surface area contributed by atoms with Crippen LogP contribution in [-0.2, 0) is 11.4 Å². The second kappa shape index (κ2) is 10.9. The fourth-order valence-electron chi connectivity index (χ4n) is 3.15. The van der Waals surface area contributed by atoms with E-state index in [1.54, 1.807) is 36.4 Å². The topological polar surface area (TPSA) is 38.8 Å². The summed E-state index contributed by atoms with van der Waals surface area (Å²) in [5, 5.41) is 1.51. The molecule has 0 aliphatic carbocycles. The van der Waals surface area contributed by atoms with Crippen molar-refractivity contribution < 1.29 is 14.3 Å². The average Bonchev–Trinajstić information content (AvgIpc) is 3.07. The van der Waals surface area contributed by atoms with E-state index >= 15 is 0 Å². The lowest BCUT2D eigenvalue weighted by atomic mass is 10.2. The Kier molecular flexibility index (Phi) is 8.12. The van der Waals surface area contributed by atoms with Crippen molar-refractivity contribution in [2.75, 3.05) is 12.0 Å². The van der Waals surface area contributed by atoms with Gasteiger partial charge in [-0.15, -0.1) is 0 Å². The Bertz CT molecular complexity index is 1330. The number of thiocarbonyl (C=S) groups is 1. The Hall–Kier alpha value is -1.74. The largest absolute Gasteiger partial charge is 0.495 e. The van der Waals surface area contributed by atoms with E-state index in [9.17, 15) is 4.79 Å². The van der Waals surface area contributed by atoms with E-state index in [1.807, 2.05) is 24.3 Å². The van der Waals surface area contributed by atoms with Crippen LogP contribution in [0, 0.1) is 0 Å². The third kappa shape index (κ3) is 5.56. The van der Waals surface area contributed by atoms with Gasteiger partial charge in [-0.2, -0.15) is 0 Å². The molecule has 0 atom stereocenters. The maximum absolute atomic E-state index is 13.1. The Morgan fingerprint density at radius 2 is 1.79 bits per heavy atom. The number of hydrogen-bond acceptors (Lipinski definition) is 5. The van der Waals surface area contributed by atoms with Gasteiger partial charge in [0.1, 0.15) is 18.1 Å². The maximum Gasteiger partial charge on any atom is 0.270 e. The van der Waals surface area contributed by atoms with Crippen molar-refractivity contribution in [2.45, 2.75) is 6.61 Å². The average molecular weight is 616 g/mol. The summed E-state index contributed by atoms with van der Waals surface area (Å²) in [6.07, 6.45) is 1.79. The fourth-order valence-corrected chi connectivity index (χ4v) is 5.68. The summed E-state index contributed by atoms with van der Waals surface area (Å²) in [6.45, 7) is 0.289. The number of amides is 1. The predicted molar refractivity (Wildman–Crippen MR) is 149 cm³/mol. The second-order valence-electron chi connectivity index (χ2n) is 7.05. The molecule has 0 aromatic heterocycles. The number of benzene rings is 3. The van der Waals surface area contributed by atoms with E-state index in [1.165, 1.54) is 23.8 Å². The first-order chi connectivity index (χ1) is 16.3. The lowest BCUT2D eigenvalue weighted by molar-refractivity contribution is -0.113. The Labute approximate surface area is 229 Å². The van der Waals surface area contributed by atoms with Crippen LogP contribution in [0.4, 0.5) is 5.69 Å². The van der Waals surface area contributed by atoms with Gasteiger partial charge in [-0.25, -0.2) is 0 Å². The summed E-state index contributed by atoms with van der Waals surface area (Å²) >= 11 is 28.6. The van der Waals surface area contributed by atoms with Crippen molar-refractivity contribution in [3.05, 3.63) is 90.2 Å². The molecular formula is C24H15BrCl3NO3S2. The molecule has 174 valence electrons. The van der Waals surface area contributed by atoms with Crippen molar-refractivity contribution >= 4 is 96.7 Å². The minimum absolute atomic E-state index is 0.218. The van der Waals surface area contributed by atoms with E-state index < -0.39 is 0 Å². The molecule has 0 spiro atoms. The van der Waals surface area contributed by atoms with E-state index in [-0.39, 0.29) is 12.5 Å². The molecule has 1 amide bonds. The highest BCUT2D eigenvalue weighted by Gasteiger charge is 2.33. The molecule has 0 unspecified atom stereocenters. The van der Waals surface area contributed by atoms with E-state index in [0.29, 0.717) is 41.5 Å². The van der Waals surface area contributed by atoms with Gasteiger partial charge in [0.2, 0.25) is 0 Å². The standard InChI is InChI=1S/C24H15BrCl3NO3S2/c1-31-21-7-5-16(11-19(21)28)29-23(30)22(34-24(29)33)9-13-2-6-20(17(25)8-13)32-12-14-3-4-15(26)10-18(14)27/h2-11H,12H2,1H3/b22-9+. The maximum atomic E-state index is 13.1. The zero-order valence-electron chi connectivity index (χ0n) is 17.5. The molecule has 1 aliphatic heterocycles. The van der Waals surface area contributed by atoms with E-state index in [0.717, 1.165) is 15.6 Å². The van der Waals surface area contributed by atoms with Gasteiger partial charge in [0, 0.05) is 15.6 Å². The number of carbonyl (C=O) groups is 1. The molecule has 4 rings (SSSR count). The number of hydrogen-bond donors (Lipinski definition) is 0. The van der Waals surface area contributed by atoms with Crippen LogP contribution in [0.15, 0.2) is 64.0 Å². The highest BCUT2D eigenvalue weighted by atomic mass is 79.9. The molecule has 1 fully saturated rings. The summed E-state index contributed by atoms with van der Waals surface area (Å²) in [6, 6.07) is 15.9. The third-order valence-electron chi connectivity index (χ3n) is 4.84. The number of anilines is 1. The number of halogens is 4. The summed E-state index contributed by atoms with van der Waals surface area (Å²) < 4.78 is 12.2. The van der Waals surface area contributed by atoms with Gasteiger partial charge in [0.25, 0.3) is 5.91 Å². The van der Waals surface area contributed by atoms with Gasteiger partial charge < -0.3 is 9.47 Å². The van der Waals surface area contributed by atoms with Crippen LogP contribution >= 0.6 is 74.7 Å². The molecule has 34 heavy (non-hydrogen) atoms. The first kappa shape index (κ1) is 25.4. The first-order valence-corrected chi connectivity index (χ1v) is 12.9. The molecule has 10 heteroatoms. The van der Waals surface area contributed by atoms with Crippen molar-refractivity contribution in [3.63, 3.8) is 0 Å². The second-order valence-corrected chi connectivity index (χ2v) is 10.8. The zero-order chi connectivity index (χ0) is 24.4. The minimum Gasteiger partial charge on any atom is -0.495 e. The van der Waals surface area contributed by atoms with Crippen molar-refractivity contribution in [3.8, 4) is 11.5 Å². The van der Waals surface area contributed by atoms with Gasteiger partial charge >= 0.3 is 0 Å². The number of ether oxygens (including phenoxy) is 2. The molecule has 1 aliphatic rings. The van der Waals surface area contributed by atoms with Gasteiger partial charge in [-0.3, -0.25) is 9.69 Å². The minimum atomic E-state index is -0.218. The van der Waals surface area contributed by atoms with Gasteiger partial charge in [0.05, 0.1) is 27.2 Å². The molecule has 1 saturated heterocycles. The summed E-state index contributed by atoms with van der Waals surface area (Å²) in [7, 11) is 1.53. The SMILES string of the molecule is COc1ccc(N2C(=O)/C(=C\c3ccc(OCc4ccc(Cl)cc4Cl)c(Br)c3)SC2=S)cc1Cl. The molecule has 0 bridgehead atoms. The quantitative estimate of drug-likeness (QED) is 0.206. The van der Waals surface area contributed by atoms with Crippen LogP contribution in [-0.4, -0.2) is 17.3 Å². The van der Waals surface area contributed by atoms with Crippen LogP contribution in [0.1, 0.15) is 11.1 Å². The normalized spacial score (nSPS) is 14.7. The molecule has 0 radical (unpaired) electrons. The van der Waals surface area contributed by atoms with E-state index in [4.69, 9.17) is 56.5 Å². The highest BCUT2D eigenvalue weighted by molar-refractivity contribution is 9.10. The Morgan fingerprint density at radius 3 is 2.47 bits per heavy atom. The molecule has 0 N–H and O–H groups in total. The van der Waals surface area contributed by atoms with Crippen molar-refractivity contribution in [1.82, 2.24) is 0 Å². The monoisotopic (exact) mass is 613 g/mol. The van der Waals surface area contributed by atoms with Crippen LogP contribution < -0.4 is 14.4 Å². The molecule has 4 nitrogen and oxygen atoms in total. The van der Waals surface area contributed by atoms with Gasteiger partial charge in [-0.05, 0) is 70.0 Å². The van der Waals surface area contributed by atoms with Crippen LogP contribution in [0.2, 0.25) is 15.1 Å². The Balaban J connectivity index is 1.50. The first-order valence-electron chi connectivity index (χ1n) is 9.74. The number of nitrogens with zero attached hydrogens (tertiary/aromatic N) is 1. The summed E-state index contributed by atoms with van der Waals surface area (Å²) in [5.41, 5.74) is 2.23. The zero-order valence-corrected chi connectivity index (χ0v) is 23.0. The molecule has 1 heterocycles. The molecule has 3 aromatic carbocycles. The van der Waals surface area contributed by atoms with Crippen LogP contribution in [0.25, 0.3) is 6.08 Å². The fraction of sp³-hybridized carbons (Fsp3) is 0.0833. The third-order valence-corrected chi connectivity index (χ3v) is 7.64. The van der Waals surface area contributed by atoms with Crippen molar-refractivity contribution in [2.24, 2.45) is 0 Å². The van der Waals surface area contributed by atoms with Crippen molar-refractivity contribution in [1.29, 1.82) is 0 Å².